The maximum absolute atomic E-state index is 2.46. The Balaban J connectivity index is 1.02. The first-order valence-electron chi connectivity index (χ1n) is 23.4. The molecule has 0 bridgehead atoms. The number of hydrogen-bond donors (Lipinski definition) is 0. The normalized spacial score (nSPS) is 15.8. The van der Waals surface area contributed by atoms with Gasteiger partial charge in [-0.15, -0.1) is 0 Å². The van der Waals surface area contributed by atoms with Crippen LogP contribution in [0.2, 0.25) is 0 Å². The number of hydrogen-bond acceptors (Lipinski definition) is 2. The molecule has 0 fully saturated rings. The summed E-state index contributed by atoms with van der Waals surface area (Å²) in [5, 5.41) is 2.46. The van der Waals surface area contributed by atoms with Gasteiger partial charge in [0, 0.05) is 40.0 Å². The van der Waals surface area contributed by atoms with E-state index in [1.807, 2.05) is 0 Å². The quantitative estimate of drug-likeness (QED) is 0.135. The van der Waals surface area contributed by atoms with Gasteiger partial charge in [-0.25, -0.2) is 0 Å². The zero-order chi connectivity index (χ0) is 44.6. The van der Waals surface area contributed by atoms with E-state index >= 15 is 0 Å². The van der Waals surface area contributed by atoms with Crippen LogP contribution in [0.3, 0.4) is 0 Å². The van der Waals surface area contributed by atoms with Crippen LogP contribution in [-0.4, -0.2) is 0 Å². The molecule has 0 saturated carbocycles. The van der Waals surface area contributed by atoms with Crippen LogP contribution in [0.15, 0.2) is 273 Å². The van der Waals surface area contributed by atoms with Crippen molar-refractivity contribution in [1.82, 2.24) is 0 Å². The molecule has 2 atom stereocenters. The number of para-hydroxylation sites is 2. The van der Waals surface area contributed by atoms with Crippen LogP contribution in [0, 0.1) is 0 Å². The predicted octanol–water partition coefficient (Wildman–Crippen LogP) is 17.4. The zero-order valence-corrected chi connectivity index (χ0v) is 37.2. The average Bonchev–Trinajstić information content (AvgIpc) is 3.69. The van der Waals surface area contributed by atoms with Crippen molar-refractivity contribution in [3.05, 3.63) is 301 Å². The molecule has 0 radical (unpaired) electrons. The van der Waals surface area contributed by atoms with Crippen molar-refractivity contribution in [2.75, 3.05) is 9.80 Å². The molecule has 318 valence electrons. The molecule has 0 heterocycles. The fourth-order valence-corrected chi connectivity index (χ4v) is 10.7. The van der Waals surface area contributed by atoms with Crippen molar-refractivity contribution in [3.8, 4) is 22.3 Å². The van der Waals surface area contributed by atoms with Crippen LogP contribution in [0.1, 0.15) is 40.2 Å². The highest BCUT2D eigenvalue weighted by Gasteiger charge is 2.46. The van der Waals surface area contributed by atoms with Crippen molar-refractivity contribution in [1.29, 1.82) is 0 Å². The summed E-state index contributed by atoms with van der Waals surface area (Å²) in [4.78, 5) is 4.76. The van der Waals surface area contributed by atoms with E-state index in [-0.39, 0.29) is 0 Å². The van der Waals surface area contributed by atoms with Crippen LogP contribution in [0.25, 0.3) is 33.0 Å². The molecule has 12 rings (SSSR count). The Morgan fingerprint density at radius 1 is 0.343 bits per heavy atom. The van der Waals surface area contributed by atoms with Crippen LogP contribution >= 0.6 is 0 Å². The van der Waals surface area contributed by atoms with Gasteiger partial charge in [0.15, 0.2) is 0 Å². The number of rotatable bonds is 10. The summed E-state index contributed by atoms with van der Waals surface area (Å²) in [5.74, 6) is 0.392. The molecule has 67 heavy (non-hydrogen) atoms. The van der Waals surface area contributed by atoms with Gasteiger partial charge in [-0.3, -0.25) is 0 Å². The molecule has 0 aliphatic heterocycles. The lowest BCUT2D eigenvalue weighted by Gasteiger charge is -2.35. The number of anilines is 6. The van der Waals surface area contributed by atoms with E-state index in [1.165, 1.54) is 60.8 Å². The fraction of sp³-hybridized carbons (Fsp3) is 0.0462. The molecule has 10 aromatic rings. The van der Waals surface area contributed by atoms with E-state index in [2.05, 4.69) is 283 Å². The van der Waals surface area contributed by atoms with Crippen molar-refractivity contribution >= 4 is 44.9 Å². The maximum atomic E-state index is 2.46. The predicted molar refractivity (Wildman–Crippen MR) is 282 cm³/mol. The Morgan fingerprint density at radius 2 is 0.806 bits per heavy atom. The first-order chi connectivity index (χ1) is 33.2. The number of allylic oxidation sites excluding steroid dienone is 4. The lowest BCUT2D eigenvalue weighted by Crippen LogP contribution is -2.28. The molecule has 2 unspecified atom stereocenters. The lowest BCUT2D eigenvalue weighted by molar-refractivity contribution is 0.769. The Kier molecular flexibility index (Phi) is 10.3. The highest BCUT2D eigenvalue weighted by molar-refractivity contribution is 5.97. The van der Waals surface area contributed by atoms with Gasteiger partial charge in [0.25, 0.3) is 0 Å². The molecule has 0 amide bonds. The van der Waals surface area contributed by atoms with E-state index < -0.39 is 5.41 Å². The Morgan fingerprint density at radius 3 is 1.42 bits per heavy atom. The van der Waals surface area contributed by atoms with Crippen LogP contribution in [-0.2, 0) is 5.41 Å². The average molecular weight is 857 g/mol. The van der Waals surface area contributed by atoms with Gasteiger partial charge < -0.3 is 9.80 Å². The summed E-state index contributed by atoms with van der Waals surface area (Å²) < 4.78 is 0. The summed E-state index contributed by atoms with van der Waals surface area (Å²) >= 11 is 0. The molecular formula is C65H48N2. The molecule has 10 aromatic carbocycles. The molecule has 2 aliphatic rings. The maximum Gasteiger partial charge on any atom is 0.0713 e. The Hall–Kier alpha value is -8.46. The van der Waals surface area contributed by atoms with Crippen molar-refractivity contribution < 1.29 is 0 Å². The van der Waals surface area contributed by atoms with Gasteiger partial charge in [0.05, 0.1) is 5.41 Å². The van der Waals surface area contributed by atoms with E-state index in [9.17, 15) is 0 Å². The molecule has 2 aliphatic carbocycles. The second-order valence-corrected chi connectivity index (χ2v) is 17.6. The third-order valence-electron chi connectivity index (χ3n) is 13.8. The lowest BCUT2D eigenvalue weighted by atomic mass is 9.67. The number of benzene rings is 10. The van der Waals surface area contributed by atoms with E-state index in [0.29, 0.717) is 5.92 Å². The van der Waals surface area contributed by atoms with Crippen molar-refractivity contribution in [2.24, 2.45) is 0 Å². The van der Waals surface area contributed by atoms with Crippen LogP contribution in [0.5, 0.6) is 0 Å². The molecule has 0 aromatic heterocycles. The van der Waals surface area contributed by atoms with E-state index in [1.54, 1.807) is 0 Å². The van der Waals surface area contributed by atoms with Gasteiger partial charge in [-0.1, -0.05) is 188 Å². The molecule has 2 heteroatoms. The van der Waals surface area contributed by atoms with Gasteiger partial charge in [0.1, 0.15) is 0 Å². The van der Waals surface area contributed by atoms with E-state index in [4.69, 9.17) is 0 Å². The summed E-state index contributed by atoms with van der Waals surface area (Å²) in [6.45, 7) is 0. The minimum atomic E-state index is -0.594. The first kappa shape index (κ1) is 40.1. The zero-order valence-electron chi connectivity index (χ0n) is 37.2. The van der Waals surface area contributed by atoms with Crippen molar-refractivity contribution in [3.63, 3.8) is 0 Å². The first-order valence-corrected chi connectivity index (χ1v) is 23.4. The van der Waals surface area contributed by atoms with Gasteiger partial charge in [-0.05, 0) is 152 Å². The Labute approximate surface area is 393 Å². The van der Waals surface area contributed by atoms with Gasteiger partial charge in [-0.2, -0.15) is 0 Å². The summed E-state index contributed by atoms with van der Waals surface area (Å²) in [6, 6.07) is 91.5. The topological polar surface area (TPSA) is 6.48 Å². The molecule has 0 N–H and O–H groups in total. The molecule has 0 spiro atoms. The summed E-state index contributed by atoms with van der Waals surface area (Å²) in [6.07, 6.45) is 9.90. The van der Waals surface area contributed by atoms with E-state index in [0.717, 1.165) is 40.5 Å². The van der Waals surface area contributed by atoms with Crippen LogP contribution < -0.4 is 9.80 Å². The minimum absolute atomic E-state index is 0.392. The standard InChI is InChI=1S/C65H48N2/c1-6-18-47(19-7-1)49-30-36-57(37-31-49)66(55-26-12-4-13-27-55)59-40-34-54(35-41-59)65(53-24-10-3-11-25-53)63-43-42-60(46-62(63)61-44-51-22-16-17-23-52(51)45-64(61)65)67(56-28-14-5-15-29-56)58-38-32-50(33-39-58)48-20-8-2-9-21-48/h1-20,22-46,48H,21H2. The molecular weight excluding hydrogens is 809 g/mol. The third kappa shape index (κ3) is 7.15. The monoisotopic (exact) mass is 856 g/mol. The highest BCUT2D eigenvalue weighted by Crippen LogP contribution is 2.58. The third-order valence-corrected chi connectivity index (χ3v) is 13.8. The fourth-order valence-electron chi connectivity index (χ4n) is 10.7. The largest absolute Gasteiger partial charge is 0.311 e. The SMILES string of the molecule is C1=CCC(c2ccc(N(c3ccccc3)c3ccc4c(c3)-c3cc5ccccc5cc3C4(c3ccccc3)c3ccc(N(c4ccccc4)c4ccc(-c5ccccc5)cc4)cc3)cc2)C=C1. The number of fused-ring (bicyclic) bond motifs is 4. The second-order valence-electron chi connectivity index (χ2n) is 17.6. The van der Waals surface area contributed by atoms with Gasteiger partial charge >= 0.3 is 0 Å². The Bertz CT molecular complexity index is 3400. The minimum Gasteiger partial charge on any atom is -0.311 e. The number of nitrogens with zero attached hydrogens (tertiary/aromatic N) is 2. The smallest absolute Gasteiger partial charge is 0.0713 e. The highest BCUT2D eigenvalue weighted by atomic mass is 15.1. The molecule has 2 nitrogen and oxygen atoms in total. The summed E-state index contributed by atoms with van der Waals surface area (Å²) in [5.41, 5.74) is 17.3. The van der Waals surface area contributed by atoms with Crippen LogP contribution in [0.4, 0.5) is 34.1 Å². The van der Waals surface area contributed by atoms with Gasteiger partial charge in [0.2, 0.25) is 0 Å². The summed E-state index contributed by atoms with van der Waals surface area (Å²) in [7, 11) is 0. The second kappa shape index (κ2) is 17.2. The van der Waals surface area contributed by atoms with Crippen molar-refractivity contribution in [2.45, 2.75) is 17.8 Å². The molecule has 0 saturated heterocycles.